The molecular weight excluding hydrogens is 278 g/mol. The summed E-state index contributed by atoms with van der Waals surface area (Å²) in [6.45, 7) is 1.63. The highest BCUT2D eigenvalue weighted by Crippen LogP contribution is 2.17. The molecule has 1 aromatic carbocycles. The van der Waals surface area contributed by atoms with E-state index in [0.717, 1.165) is 6.07 Å². The molecule has 4 N–H and O–H groups in total. The summed E-state index contributed by atoms with van der Waals surface area (Å²) in [6, 6.07) is 5.13. The number of nitrogens with one attached hydrogen (secondary N) is 3. The molecule has 0 unspecified atom stereocenters. The number of H-pyrrole nitrogens is 2. The van der Waals surface area contributed by atoms with Gasteiger partial charge in [-0.15, -0.1) is 0 Å². The number of hydrogen-bond donors (Lipinski definition) is 4. The van der Waals surface area contributed by atoms with Crippen molar-refractivity contribution >= 4 is 17.6 Å². The van der Waals surface area contributed by atoms with Crippen LogP contribution in [0.25, 0.3) is 0 Å². The van der Waals surface area contributed by atoms with Crippen molar-refractivity contribution in [3.05, 3.63) is 61.9 Å². The molecule has 0 saturated carbocycles. The van der Waals surface area contributed by atoms with E-state index < -0.39 is 23.1 Å². The monoisotopic (exact) mass is 289 g/mol. The summed E-state index contributed by atoms with van der Waals surface area (Å²) < 4.78 is 0. The maximum absolute atomic E-state index is 11.9. The lowest BCUT2D eigenvalue weighted by atomic mass is 10.1. The van der Waals surface area contributed by atoms with Gasteiger partial charge in [-0.1, -0.05) is 0 Å². The molecule has 108 valence electrons. The second kappa shape index (κ2) is 5.45. The molecule has 1 amide bonds. The Morgan fingerprint density at radius 1 is 1.14 bits per heavy atom. The molecule has 0 bridgehead atoms. The number of rotatable bonds is 3. The molecule has 0 aliphatic carbocycles. The number of anilines is 1. The van der Waals surface area contributed by atoms with Crippen molar-refractivity contribution in [3.63, 3.8) is 0 Å². The van der Waals surface area contributed by atoms with E-state index in [2.05, 4.69) is 10.3 Å². The predicted molar refractivity (Wildman–Crippen MR) is 73.8 cm³/mol. The van der Waals surface area contributed by atoms with Gasteiger partial charge in [-0.3, -0.25) is 14.6 Å². The number of hydrogen-bond acceptors (Lipinski definition) is 4. The third-order valence-electron chi connectivity index (χ3n) is 2.73. The number of aromatic nitrogens is 2. The molecule has 0 saturated heterocycles. The highest BCUT2D eigenvalue weighted by Gasteiger charge is 2.11. The van der Waals surface area contributed by atoms with Crippen LogP contribution in [0.3, 0.4) is 0 Å². The molecular formula is C13H11N3O5. The van der Waals surface area contributed by atoms with Crippen LogP contribution in [0.2, 0.25) is 0 Å². The Kier molecular flexibility index (Phi) is 3.70. The van der Waals surface area contributed by atoms with Crippen LogP contribution >= 0.6 is 0 Å². The van der Waals surface area contributed by atoms with Crippen LogP contribution in [0.15, 0.2) is 33.9 Å². The van der Waals surface area contributed by atoms with Gasteiger partial charge in [-0.05, 0) is 30.7 Å². The van der Waals surface area contributed by atoms with Gasteiger partial charge in [0.2, 0.25) is 0 Å². The zero-order valence-electron chi connectivity index (χ0n) is 10.9. The van der Waals surface area contributed by atoms with Crippen molar-refractivity contribution in [2.75, 3.05) is 5.32 Å². The largest absolute Gasteiger partial charge is 0.478 e. The second-order valence-corrected chi connectivity index (χ2v) is 4.29. The first-order chi connectivity index (χ1) is 9.86. The first-order valence-electron chi connectivity index (χ1n) is 5.86. The topological polar surface area (TPSA) is 132 Å². The molecule has 21 heavy (non-hydrogen) atoms. The zero-order chi connectivity index (χ0) is 15.6. The quantitative estimate of drug-likeness (QED) is 0.646. The normalized spacial score (nSPS) is 10.1. The summed E-state index contributed by atoms with van der Waals surface area (Å²) in [5.41, 5.74) is -0.658. The fourth-order valence-electron chi connectivity index (χ4n) is 1.72. The van der Waals surface area contributed by atoms with Crippen LogP contribution < -0.4 is 16.6 Å². The highest BCUT2D eigenvalue weighted by atomic mass is 16.4. The molecule has 2 rings (SSSR count). The van der Waals surface area contributed by atoms with Gasteiger partial charge in [0.05, 0.1) is 5.56 Å². The molecule has 0 aliphatic heterocycles. The zero-order valence-corrected chi connectivity index (χ0v) is 10.9. The van der Waals surface area contributed by atoms with Crippen molar-refractivity contribution in [3.8, 4) is 0 Å². The van der Waals surface area contributed by atoms with E-state index >= 15 is 0 Å². The van der Waals surface area contributed by atoms with Gasteiger partial charge in [0.25, 0.3) is 11.5 Å². The third kappa shape index (κ3) is 3.24. The van der Waals surface area contributed by atoms with E-state index in [-0.39, 0.29) is 11.3 Å². The highest BCUT2D eigenvalue weighted by molar-refractivity contribution is 6.03. The molecule has 0 atom stereocenters. The second-order valence-electron chi connectivity index (χ2n) is 4.29. The summed E-state index contributed by atoms with van der Waals surface area (Å²) in [6.07, 6.45) is 0. The number of aromatic carboxylic acids is 1. The Bertz CT molecular complexity index is 806. The molecule has 1 aromatic heterocycles. The first kappa shape index (κ1) is 14.3. The van der Waals surface area contributed by atoms with Gasteiger partial charge in [0, 0.05) is 11.8 Å². The Morgan fingerprint density at radius 3 is 2.43 bits per heavy atom. The summed E-state index contributed by atoms with van der Waals surface area (Å²) in [5.74, 6) is -1.75. The molecule has 0 spiro atoms. The minimum atomic E-state index is -1.07. The van der Waals surface area contributed by atoms with Crippen LogP contribution in [-0.4, -0.2) is 27.0 Å². The summed E-state index contributed by atoms with van der Waals surface area (Å²) in [4.78, 5) is 49.1. The van der Waals surface area contributed by atoms with Gasteiger partial charge in [-0.2, -0.15) is 0 Å². The Balaban J connectivity index is 2.29. The van der Waals surface area contributed by atoms with Crippen molar-refractivity contribution in [1.82, 2.24) is 9.97 Å². The molecule has 8 heteroatoms. The standard InChI is InChI=1S/C13H11N3O5/c1-6-4-7(12(19)20)2-3-8(6)14-11(18)9-5-10(17)16-13(21)15-9/h2-5H,1H3,(H,14,18)(H,19,20)(H2,15,16,17,21). The fourth-order valence-corrected chi connectivity index (χ4v) is 1.72. The van der Waals surface area contributed by atoms with Gasteiger partial charge < -0.3 is 15.4 Å². The number of carboxylic acids is 1. The van der Waals surface area contributed by atoms with Gasteiger partial charge >= 0.3 is 11.7 Å². The number of carbonyl (C=O) groups is 2. The number of amides is 1. The van der Waals surface area contributed by atoms with Crippen LogP contribution in [0.4, 0.5) is 5.69 Å². The lowest BCUT2D eigenvalue weighted by molar-refractivity contribution is 0.0696. The van der Waals surface area contributed by atoms with Crippen molar-refractivity contribution in [1.29, 1.82) is 0 Å². The van der Waals surface area contributed by atoms with Gasteiger partial charge in [-0.25, -0.2) is 9.59 Å². The number of benzene rings is 1. The molecule has 1 heterocycles. The van der Waals surface area contributed by atoms with Crippen molar-refractivity contribution in [2.24, 2.45) is 0 Å². The average Bonchev–Trinajstić information content (AvgIpc) is 2.39. The van der Waals surface area contributed by atoms with Crippen LogP contribution in [-0.2, 0) is 0 Å². The fraction of sp³-hybridized carbons (Fsp3) is 0.0769. The minimum absolute atomic E-state index is 0.0926. The van der Waals surface area contributed by atoms with Crippen LogP contribution in [0, 0.1) is 6.92 Å². The number of aryl methyl sites for hydroxylation is 1. The minimum Gasteiger partial charge on any atom is -0.478 e. The van der Waals surface area contributed by atoms with Gasteiger partial charge in [0.1, 0.15) is 5.69 Å². The van der Waals surface area contributed by atoms with E-state index in [1.807, 2.05) is 4.98 Å². The molecule has 8 nitrogen and oxygen atoms in total. The summed E-state index contributed by atoms with van der Waals surface area (Å²) >= 11 is 0. The molecule has 0 aliphatic rings. The van der Waals surface area contributed by atoms with Crippen molar-refractivity contribution in [2.45, 2.75) is 6.92 Å². The van der Waals surface area contributed by atoms with Gasteiger partial charge in [0.15, 0.2) is 0 Å². The van der Waals surface area contributed by atoms with Crippen LogP contribution in [0.5, 0.6) is 0 Å². The number of carbonyl (C=O) groups excluding carboxylic acids is 1. The number of carboxylic acid groups (broad SMARTS) is 1. The predicted octanol–water partition coefficient (Wildman–Crippen LogP) is 0.322. The van der Waals surface area contributed by atoms with E-state index in [1.165, 1.54) is 18.2 Å². The first-order valence-corrected chi connectivity index (χ1v) is 5.86. The van der Waals surface area contributed by atoms with E-state index in [4.69, 9.17) is 5.11 Å². The lowest BCUT2D eigenvalue weighted by Gasteiger charge is -2.08. The summed E-state index contributed by atoms with van der Waals surface area (Å²) in [5, 5.41) is 11.3. The van der Waals surface area contributed by atoms with Crippen LogP contribution in [0.1, 0.15) is 26.4 Å². The Hall–Kier alpha value is -3.16. The van der Waals surface area contributed by atoms with Crippen molar-refractivity contribution < 1.29 is 14.7 Å². The lowest BCUT2D eigenvalue weighted by Crippen LogP contribution is -2.27. The molecule has 2 aromatic rings. The van der Waals surface area contributed by atoms with E-state index in [9.17, 15) is 19.2 Å². The van der Waals surface area contributed by atoms with E-state index in [0.29, 0.717) is 11.3 Å². The smallest absolute Gasteiger partial charge is 0.335 e. The maximum atomic E-state index is 11.9. The Labute approximate surface area is 117 Å². The maximum Gasteiger partial charge on any atom is 0.335 e. The molecule has 0 radical (unpaired) electrons. The average molecular weight is 289 g/mol. The summed E-state index contributed by atoms with van der Waals surface area (Å²) in [7, 11) is 0. The third-order valence-corrected chi connectivity index (χ3v) is 2.73. The molecule has 0 fully saturated rings. The number of aromatic amines is 2. The Morgan fingerprint density at radius 2 is 1.86 bits per heavy atom. The SMILES string of the molecule is Cc1cc(C(=O)O)ccc1NC(=O)c1cc(=O)[nH]c(=O)[nH]1. The van der Waals surface area contributed by atoms with E-state index in [1.54, 1.807) is 6.92 Å².